The third-order valence-electron chi connectivity index (χ3n) is 1.43. The molecule has 0 bridgehead atoms. The van der Waals surface area contributed by atoms with Crippen molar-refractivity contribution in [2.75, 3.05) is 5.75 Å². The van der Waals surface area contributed by atoms with E-state index < -0.39 is 0 Å². The minimum atomic E-state index is 0.969. The van der Waals surface area contributed by atoms with Crippen molar-refractivity contribution in [2.45, 2.75) is 19.6 Å². The average molecular weight is 182 g/mol. The van der Waals surface area contributed by atoms with Gasteiger partial charge in [0.2, 0.25) is 0 Å². The monoisotopic (exact) mass is 182 g/mol. The summed E-state index contributed by atoms with van der Waals surface area (Å²) in [7, 11) is 0. The third kappa shape index (κ3) is 3.67. The Morgan fingerprint density at radius 3 is 3.00 bits per heavy atom. The highest BCUT2D eigenvalue weighted by atomic mass is 32.2. The van der Waals surface area contributed by atoms with Crippen molar-refractivity contribution in [3.8, 4) is 0 Å². The molecule has 0 saturated carbocycles. The van der Waals surface area contributed by atoms with Crippen molar-refractivity contribution in [3.05, 3.63) is 35.8 Å². The molecule has 1 aromatic heterocycles. The zero-order chi connectivity index (χ0) is 8.81. The molecule has 0 aliphatic heterocycles. The van der Waals surface area contributed by atoms with E-state index in [2.05, 4.69) is 19.9 Å². The van der Waals surface area contributed by atoms with Gasteiger partial charge in [0.1, 0.15) is 5.76 Å². The summed E-state index contributed by atoms with van der Waals surface area (Å²) in [6.07, 6.45) is 3.95. The molecule has 0 atom stereocenters. The van der Waals surface area contributed by atoms with Gasteiger partial charge < -0.3 is 4.42 Å². The molecular weight excluding hydrogens is 168 g/mol. The van der Waals surface area contributed by atoms with Crippen molar-refractivity contribution in [3.63, 3.8) is 0 Å². The molecule has 0 amide bonds. The normalized spacial score (nSPS) is 9.83. The van der Waals surface area contributed by atoms with Gasteiger partial charge in [-0.25, -0.2) is 0 Å². The highest BCUT2D eigenvalue weighted by Gasteiger charge is 1.93. The number of allylic oxidation sites excluding steroid dienone is 1. The lowest BCUT2D eigenvalue weighted by Crippen LogP contribution is -1.77. The molecule has 1 aromatic rings. The highest BCUT2D eigenvalue weighted by Crippen LogP contribution is 2.12. The summed E-state index contributed by atoms with van der Waals surface area (Å²) in [5.74, 6) is 3.10. The number of thioether (sulfide) groups is 1. The fourth-order valence-corrected chi connectivity index (χ4v) is 1.71. The molecule has 1 nitrogen and oxygen atoms in total. The minimum absolute atomic E-state index is 0.969. The van der Waals surface area contributed by atoms with Crippen molar-refractivity contribution in [2.24, 2.45) is 0 Å². The molecule has 0 spiro atoms. The summed E-state index contributed by atoms with van der Waals surface area (Å²) >= 11 is 1.87. The maximum atomic E-state index is 5.20. The molecule has 12 heavy (non-hydrogen) atoms. The van der Waals surface area contributed by atoms with E-state index in [1.807, 2.05) is 23.9 Å². The van der Waals surface area contributed by atoms with Crippen LogP contribution in [0.15, 0.2) is 34.5 Å². The van der Waals surface area contributed by atoms with Crippen LogP contribution in [0.3, 0.4) is 0 Å². The van der Waals surface area contributed by atoms with Gasteiger partial charge in [0.15, 0.2) is 0 Å². The Morgan fingerprint density at radius 2 is 2.42 bits per heavy atom. The standard InChI is InChI=1S/C10H14OS/c1-9(2)5-7-12-8-10-4-3-6-11-10/h3-6H,7-8H2,1-2H3. The van der Waals surface area contributed by atoms with E-state index in [0.717, 1.165) is 17.3 Å². The molecule has 1 rings (SSSR count). The van der Waals surface area contributed by atoms with Crippen LogP contribution in [0.4, 0.5) is 0 Å². The van der Waals surface area contributed by atoms with Crippen LogP contribution in [0.25, 0.3) is 0 Å². The molecular formula is C10H14OS. The number of rotatable bonds is 4. The van der Waals surface area contributed by atoms with Gasteiger partial charge in [-0.05, 0) is 26.0 Å². The molecule has 0 radical (unpaired) electrons. The number of hydrogen-bond acceptors (Lipinski definition) is 2. The molecule has 0 N–H and O–H groups in total. The Kier molecular flexibility index (Phi) is 4.01. The van der Waals surface area contributed by atoms with Gasteiger partial charge in [0.05, 0.1) is 12.0 Å². The SMILES string of the molecule is CC(C)=CCSCc1ccco1. The lowest BCUT2D eigenvalue weighted by molar-refractivity contribution is 0.530. The first-order chi connectivity index (χ1) is 5.79. The van der Waals surface area contributed by atoms with Crippen molar-refractivity contribution in [1.82, 2.24) is 0 Å². The van der Waals surface area contributed by atoms with Crippen molar-refractivity contribution < 1.29 is 4.42 Å². The zero-order valence-electron chi connectivity index (χ0n) is 7.54. The number of furan rings is 1. The van der Waals surface area contributed by atoms with Gasteiger partial charge in [-0.15, -0.1) is 11.8 Å². The second kappa shape index (κ2) is 5.09. The van der Waals surface area contributed by atoms with E-state index >= 15 is 0 Å². The van der Waals surface area contributed by atoms with Crippen LogP contribution in [0, 0.1) is 0 Å². The third-order valence-corrected chi connectivity index (χ3v) is 2.32. The van der Waals surface area contributed by atoms with Crippen LogP contribution in [0.2, 0.25) is 0 Å². The Hall–Kier alpha value is -0.630. The summed E-state index contributed by atoms with van der Waals surface area (Å²) in [6.45, 7) is 4.24. The highest BCUT2D eigenvalue weighted by molar-refractivity contribution is 7.98. The van der Waals surface area contributed by atoms with Crippen LogP contribution in [-0.4, -0.2) is 5.75 Å². The quantitative estimate of drug-likeness (QED) is 0.522. The number of hydrogen-bond donors (Lipinski definition) is 0. The molecule has 2 heteroatoms. The zero-order valence-corrected chi connectivity index (χ0v) is 8.36. The average Bonchev–Trinajstić information content (AvgIpc) is 2.49. The molecule has 0 fully saturated rings. The summed E-state index contributed by atoms with van der Waals surface area (Å²) in [5, 5.41) is 0. The fourth-order valence-electron chi connectivity index (χ4n) is 0.780. The van der Waals surface area contributed by atoms with Crippen LogP contribution < -0.4 is 0 Å². The summed E-state index contributed by atoms with van der Waals surface area (Å²) < 4.78 is 5.20. The Morgan fingerprint density at radius 1 is 1.58 bits per heavy atom. The second-order valence-corrected chi connectivity index (χ2v) is 3.91. The molecule has 0 aliphatic carbocycles. The smallest absolute Gasteiger partial charge is 0.113 e. The predicted molar refractivity (Wildman–Crippen MR) is 54.3 cm³/mol. The van der Waals surface area contributed by atoms with Gasteiger partial charge in [-0.3, -0.25) is 0 Å². The lowest BCUT2D eigenvalue weighted by Gasteiger charge is -1.94. The summed E-state index contributed by atoms with van der Waals surface area (Å²) in [6, 6.07) is 3.94. The molecule has 0 aliphatic rings. The van der Waals surface area contributed by atoms with Gasteiger partial charge in [0, 0.05) is 5.75 Å². The molecule has 0 aromatic carbocycles. The molecule has 1 heterocycles. The Labute approximate surface area is 77.8 Å². The lowest BCUT2D eigenvalue weighted by atomic mass is 10.3. The largest absolute Gasteiger partial charge is 0.468 e. The van der Waals surface area contributed by atoms with Crippen molar-refractivity contribution in [1.29, 1.82) is 0 Å². The molecule has 0 saturated heterocycles. The molecule has 66 valence electrons. The predicted octanol–water partition coefficient (Wildman–Crippen LogP) is 3.48. The van der Waals surface area contributed by atoms with Crippen LogP contribution >= 0.6 is 11.8 Å². The minimum Gasteiger partial charge on any atom is -0.468 e. The Balaban J connectivity index is 2.16. The van der Waals surface area contributed by atoms with Crippen LogP contribution in [0.5, 0.6) is 0 Å². The topological polar surface area (TPSA) is 13.1 Å². The fraction of sp³-hybridized carbons (Fsp3) is 0.400. The van der Waals surface area contributed by atoms with Gasteiger partial charge in [-0.2, -0.15) is 0 Å². The first-order valence-electron chi connectivity index (χ1n) is 4.02. The first-order valence-corrected chi connectivity index (χ1v) is 5.18. The second-order valence-electron chi connectivity index (χ2n) is 2.88. The van der Waals surface area contributed by atoms with Gasteiger partial charge in [-0.1, -0.05) is 11.6 Å². The van der Waals surface area contributed by atoms with Crippen molar-refractivity contribution >= 4 is 11.8 Å². The maximum absolute atomic E-state index is 5.20. The molecule has 0 unspecified atom stereocenters. The Bertz CT molecular complexity index is 232. The first kappa shape index (κ1) is 9.46. The van der Waals surface area contributed by atoms with E-state index in [9.17, 15) is 0 Å². The van der Waals surface area contributed by atoms with Crippen LogP contribution in [0.1, 0.15) is 19.6 Å². The summed E-state index contributed by atoms with van der Waals surface area (Å²) in [4.78, 5) is 0. The van der Waals surface area contributed by atoms with E-state index in [0.29, 0.717) is 0 Å². The van der Waals surface area contributed by atoms with E-state index in [4.69, 9.17) is 4.42 Å². The van der Waals surface area contributed by atoms with E-state index in [1.165, 1.54) is 5.57 Å². The summed E-state index contributed by atoms with van der Waals surface area (Å²) in [5.41, 5.74) is 1.38. The van der Waals surface area contributed by atoms with E-state index in [-0.39, 0.29) is 0 Å². The van der Waals surface area contributed by atoms with E-state index in [1.54, 1.807) is 6.26 Å². The van der Waals surface area contributed by atoms with Gasteiger partial charge in [0.25, 0.3) is 0 Å². The van der Waals surface area contributed by atoms with Crippen LogP contribution in [-0.2, 0) is 5.75 Å². The maximum Gasteiger partial charge on any atom is 0.113 e. The van der Waals surface area contributed by atoms with Gasteiger partial charge >= 0.3 is 0 Å².